The first-order valence-electron chi connectivity index (χ1n) is 15.9. The Morgan fingerprint density at radius 2 is 1.86 bits per heavy atom. The van der Waals surface area contributed by atoms with Gasteiger partial charge >= 0.3 is 0 Å². The number of piperidine rings is 1. The van der Waals surface area contributed by atoms with E-state index in [2.05, 4.69) is 46.9 Å². The Kier molecular flexibility index (Phi) is 9.49. The molecule has 2 aliphatic carbocycles. The lowest BCUT2D eigenvalue weighted by Crippen LogP contribution is -2.58. The van der Waals surface area contributed by atoms with Crippen molar-refractivity contribution in [1.82, 2.24) is 20.3 Å². The lowest BCUT2D eigenvalue weighted by atomic mass is 9.74. The summed E-state index contributed by atoms with van der Waals surface area (Å²) >= 11 is 0. The molecule has 3 aliphatic rings. The number of allylic oxidation sites excluding steroid dienone is 1. The van der Waals surface area contributed by atoms with Gasteiger partial charge in [-0.15, -0.1) is 0 Å². The number of rotatable bonds is 10. The highest BCUT2D eigenvalue weighted by atomic mass is 16.5. The Bertz CT molecular complexity index is 1260. The molecule has 0 bridgehead atoms. The molecule has 1 saturated heterocycles. The van der Waals surface area contributed by atoms with Gasteiger partial charge in [0.25, 0.3) is 5.91 Å². The van der Waals surface area contributed by atoms with Crippen molar-refractivity contribution in [3.05, 3.63) is 59.5 Å². The third-order valence-corrected chi connectivity index (χ3v) is 10.1. The van der Waals surface area contributed by atoms with Gasteiger partial charge in [0.1, 0.15) is 12.1 Å². The van der Waals surface area contributed by atoms with E-state index in [9.17, 15) is 14.4 Å². The van der Waals surface area contributed by atoms with Crippen LogP contribution in [0.5, 0.6) is 0 Å². The van der Waals surface area contributed by atoms with Crippen LogP contribution in [0.2, 0.25) is 0 Å². The van der Waals surface area contributed by atoms with Gasteiger partial charge in [-0.2, -0.15) is 0 Å². The standard InChI is InChI=1S/C34H46N4O4/c1-4-24(2)30(33(41)38-22-19-34(20-23-38)18-16-26-12-8-9-13-27(26)34)36-31(39)28(15-14-25-10-6-5-7-11-25)37(3)32(40)29-17-21-35-42-29/h8-9,12-13,16-18,21,24-25,28,30H,4-7,10-11,14-15,19-20,22-23H2,1-3H3,(H,36,39)/t24-,28-,30-/m0/s1. The number of likely N-dealkylation sites (tertiary alicyclic amines) is 1. The van der Waals surface area contributed by atoms with Crippen LogP contribution >= 0.6 is 0 Å². The van der Waals surface area contributed by atoms with E-state index >= 15 is 0 Å². The van der Waals surface area contributed by atoms with Gasteiger partial charge in [0.15, 0.2) is 0 Å². The van der Waals surface area contributed by atoms with Gasteiger partial charge in [0.2, 0.25) is 17.6 Å². The van der Waals surface area contributed by atoms with Crippen LogP contribution in [0.1, 0.15) is 99.7 Å². The van der Waals surface area contributed by atoms with Crippen molar-refractivity contribution in [2.45, 2.75) is 95.6 Å². The van der Waals surface area contributed by atoms with E-state index in [0.29, 0.717) is 25.4 Å². The second-order valence-electron chi connectivity index (χ2n) is 12.7. The van der Waals surface area contributed by atoms with Crippen LogP contribution in [0, 0.1) is 11.8 Å². The lowest BCUT2D eigenvalue weighted by Gasteiger charge is -2.41. The number of carbonyl (C=O) groups excluding carboxylic acids is 3. The summed E-state index contributed by atoms with van der Waals surface area (Å²) in [5.74, 6) is -0.0655. The molecule has 1 aliphatic heterocycles. The first-order valence-corrected chi connectivity index (χ1v) is 15.9. The molecule has 0 radical (unpaired) electrons. The van der Waals surface area contributed by atoms with Crippen LogP contribution in [-0.2, 0) is 15.0 Å². The molecule has 8 nitrogen and oxygen atoms in total. The average molecular weight is 575 g/mol. The van der Waals surface area contributed by atoms with E-state index in [1.165, 1.54) is 47.6 Å². The number of carbonyl (C=O) groups is 3. The summed E-state index contributed by atoms with van der Waals surface area (Å²) in [5, 5.41) is 6.79. The van der Waals surface area contributed by atoms with E-state index in [4.69, 9.17) is 4.52 Å². The highest BCUT2D eigenvalue weighted by Crippen LogP contribution is 2.43. The fourth-order valence-electron chi connectivity index (χ4n) is 7.14. The molecule has 8 heteroatoms. The lowest BCUT2D eigenvalue weighted by molar-refractivity contribution is -0.140. The van der Waals surface area contributed by atoms with Crippen molar-refractivity contribution in [3.63, 3.8) is 0 Å². The summed E-state index contributed by atoms with van der Waals surface area (Å²) < 4.78 is 5.12. The molecule has 2 aromatic rings. The minimum absolute atomic E-state index is 0.0174. The number of amides is 3. The van der Waals surface area contributed by atoms with E-state index in [-0.39, 0.29) is 34.8 Å². The van der Waals surface area contributed by atoms with Crippen LogP contribution in [0.3, 0.4) is 0 Å². The van der Waals surface area contributed by atoms with Crippen molar-refractivity contribution in [1.29, 1.82) is 0 Å². The van der Waals surface area contributed by atoms with Crippen LogP contribution in [0.4, 0.5) is 0 Å². The van der Waals surface area contributed by atoms with Gasteiger partial charge in [-0.25, -0.2) is 0 Å². The number of likely N-dealkylation sites (N-methyl/N-ethyl adjacent to an activating group) is 1. The third-order valence-electron chi connectivity index (χ3n) is 10.1. The van der Waals surface area contributed by atoms with Crippen molar-refractivity contribution < 1.29 is 18.9 Å². The van der Waals surface area contributed by atoms with Crippen molar-refractivity contribution in [2.24, 2.45) is 11.8 Å². The maximum absolute atomic E-state index is 14.0. The number of hydrogen-bond acceptors (Lipinski definition) is 5. The van der Waals surface area contributed by atoms with Crippen LogP contribution in [0.25, 0.3) is 6.08 Å². The largest absolute Gasteiger partial charge is 0.351 e. The zero-order valence-electron chi connectivity index (χ0n) is 25.4. The first kappa shape index (κ1) is 30.1. The maximum atomic E-state index is 14.0. The Labute approximate surface area is 249 Å². The normalized spacial score (nSPS) is 20.1. The molecule has 3 atom stereocenters. The van der Waals surface area contributed by atoms with Gasteiger partial charge < -0.3 is 19.6 Å². The molecule has 226 valence electrons. The molecule has 3 amide bonds. The maximum Gasteiger partial charge on any atom is 0.292 e. The molecule has 2 fully saturated rings. The van der Waals surface area contributed by atoms with Crippen molar-refractivity contribution in [2.75, 3.05) is 20.1 Å². The number of fused-ring (bicyclic) bond motifs is 2. The number of benzene rings is 1. The highest BCUT2D eigenvalue weighted by molar-refractivity contribution is 5.96. The smallest absolute Gasteiger partial charge is 0.292 e. The third kappa shape index (κ3) is 6.32. The van der Waals surface area contributed by atoms with E-state index in [1.807, 2.05) is 18.7 Å². The zero-order valence-corrected chi connectivity index (χ0v) is 25.4. The predicted molar refractivity (Wildman–Crippen MR) is 163 cm³/mol. The fraction of sp³-hybridized carbons (Fsp3) is 0.588. The molecule has 0 unspecified atom stereocenters. The Balaban J connectivity index is 1.28. The summed E-state index contributed by atoms with van der Waals surface area (Å²) in [6.45, 7) is 5.36. The molecule has 1 saturated carbocycles. The molecule has 5 rings (SSSR count). The van der Waals surface area contributed by atoms with E-state index in [1.54, 1.807) is 7.05 Å². The number of nitrogens with one attached hydrogen (secondary N) is 1. The van der Waals surface area contributed by atoms with Gasteiger partial charge in [0, 0.05) is 31.6 Å². The molecule has 1 spiro atoms. The summed E-state index contributed by atoms with van der Waals surface area (Å²) in [6.07, 6.45) is 15.9. The highest BCUT2D eigenvalue weighted by Gasteiger charge is 2.41. The molecule has 1 aromatic carbocycles. The second-order valence-corrected chi connectivity index (χ2v) is 12.7. The Morgan fingerprint density at radius 3 is 2.55 bits per heavy atom. The van der Waals surface area contributed by atoms with Gasteiger partial charge in [0.05, 0.1) is 6.20 Å². The fourth-order valence-corrected chi connectivity index (χ4v) is 7.14. The monoisotopic (exact) mass is 574 g/mol. The summed E-state index contributed by atoms with van der Waals surface area (Å²) in [7, 11) is 1.65. The average Bonchev–Trinajstić information content (AvgIpc) is 3.69. The summed E-state index contributed by atoms with van der Waals surface area (Å²) in [5.41, 5.74) is 2.60. The van der Waals surface area contributed by atoms with Gasteiger partial charge in [-0.1, -0.05) is 93.9 Å². The summed E-state index contributed by atoms with van der Waals surface area (Å²) in [4.78, 5) is 44.5. The molecular weight excluding hydrogens is 528 g/mol. The van der Waals surface area contributed by atoms with E-state index in [0.717, 1.165) is 38.5 Å². The molecule has 42 heavy (non-hydrogen) atoms. The van der Waals surface area contributed by atoms with Crippen LogP contribution < -0.4 is 5.32 Å². The van der Waals surface area contributed by atoms with Gasteiger partial charge in [-0.05, 0) is 48.6 Å². The molecule has 1 aromatic heterocycles. The number of nitrogens with zero attached hydrogens (tertiary/aromatic N) is 3. The van der Waals surface area contributed by atoms with Crippen molar-refractivity contribution >= 4 is 23.8 Å². The van der Waals surface area contributed by atoms with Crippen LogP contribution in [-0.4, -0.2) is 64.9 Å². The predicted octanol–water partition coefficient (Wildman–Crippen LogP) is 5.59. The molecule has 1 N–H and O–H groups in total. The van der Waals surface area contributed by atoms with Crippen LogP contribution in [0.15, 0.2) is 47.1 Å². The van der Waals surface area contributed by atoms with Crippen molar-refractivity contribution in [3.8, 4) is 0 Å². The minimum Gasteiger partial charge on any atom is -0.351 e. The molecule has 2 heterocycles. The zero-order chi connectivity index (χ0) is 29.7. The number of hydrogen-bond donors (Lipinski definition) is 1. The second kappa shape index (κ2) is 13.3. The molecular formula is C34H46N4O4. The summed E-state index contributed by atoms with van der Waals surface area (Å²) in [6, 6.07) is 8.69. The Hall–Kier alpha value is -3.42. The quantitative estimate of drug-likeness (QED) is 0.399. The Morgan fingerprint density at radius 1 is 1.12 bits per heavy atom. The van der Waals surface area contributed by atoms with Gasteiger partial charge in [-0.3, -0.25) is 14.4 Å². The van der Waals surface area contributed by atoms with E-state index < -0.39 is 12.1 Å². The topological polar surface area (TPSA) is 95.7 Å². The number of aromatic nitrogens is 1. The SMILES string of the molecule is CC[C@H](C)[C@H](NC(=O)[C@H](CCC1CCCCC1)N(C)C(=O)c1ccno1)C(=O)N1CCC2(C=Cc3ccccc32)CC1. The first-order chi connectivity index (χ1) is 20.3. The minimum atomic E-state index is -0.700.